The molecule has 0 saturated heterocycles. The number of aryl methyl sites for hydroxylation is 1. The van der Waals surface area contributed by atoms with Gasteiger partial charge in [0.25, 0.3) is 11.9 Å². The second-order valence-corrected chi connectivity index (χ2v) is 5.59. The number of pyridine rings is 1. The summed E-state index contributed by atoms with van der Waals surface area (Å²) in [6, 6.07) is 3.83. The second kappa shape index (κ2) is 8.93. The summed E-state index contributed by atoms with van der Waals surface area (Å²) in [5.74, 6) is -2.14. The minimum absolute atomic E-state index is 0.01000. The molecule has 0 unspecified atom stereocenters. The molecule has 0 bridgehead atoms. The zero-order chi connectivity index (χ0) is 20.0. The molecule has 1 aromatic carbocycles. The molecule has 1 aromatic heterocycles. The van der Waals surface area contributed by atoms with Crippen LogP contribution in [0.15, 0.2) is 29.4 Å². The van der Waals surface area contributed by atoms with Crippen molar-refractivity contribution in [2.24, 2.45) is 10.7 Å². The van der Waals surface area contributed by atoms with Crippen LogP contribution in [0.2, 0.25) is 0 Å². The number of aromatic nitrogens is 1. The van der Waals surface area contributed by atoms with Crippen molar-refractivity contribution < 1.29 is 23.0 Å². The molecule has 9 heteroatoms. The first kappa shape index (κ1) is 20.1. The molecular formula is C18H20F2N4O3. The molecule has 0 spiro atoms. The molecule has 144 valence electrons. The van der Waals surface area contributed by atoms with E-state index >= 15 is 0 Å². The maximum absolute atomic E-state index is 14.0. The topological polar surface area (TPSA) is 98.8 Å². The van der Waals surface area contributed by atoms with Gasteiger partial charge in [-0.05, 0) is 30.2 Å². The van der Waals surface area contributed by atoms with Crippen LogP contribution in [0.5, 0.6) is 5.75 Å². The molecule has 0 aliphatic heterocycles. The van der Waals surface area contributed by atoms with E-state index in [1.807, 2.05) is 0 Å². The van der Waals surface area contributed by atoms with Gasteiger partial charge in [-0.3, -0.25) is 4.79 Å². The number of nitrogens with one attached hydrogen (secondary N) is 1. The molecular weight excluding hydrogens is 358 g/mol. The fourth-order valence-electron chi connectivity index (χ4n) is 2.32. The molecule has 3 N–H and O–H groups in total. The first-order chi connectivity index (χ1) is 12.8. The van der Waals surface area contributed by atoms with Gasteiger partial charge in [-0.15, -0.1) is 0 Å². The van der Waals surface area contributed by atoms with Crippen LogP contribution in [0, 0.1) is 18.6 Å². The highest BCUT2D eigenvalue weighted by Crippen LogP contribution is 2.21. The number of carbonyl (C=O) groups excluding carboxylic acids is 1. The van der Waals surface area contributed by atoms with E-state index in [4.69, 9.17) is 15.2 Å². The van der Waals surface area contributed by atoms with Crippen LogP contribution >= 0.6 is 0 Å². The highest BCUT2D eigenvalue weighted by molar-refractivity contribution is 6.03. The largest absolute Gasteiger partial charge is 0.495 e. The summed E-state index contributed by atoms with van der Waals surface area (Å²) in [6.07, 6.45) is 1.44. The van der Waals surface area contributed by atoms with Crippen LogP contribution < -0.4 is 15.8 Å². The van der Waals surface area contributed by atoms with Gasteiger partial charge >= 0.3 is 0 Å². The van der Waals surface area contributed by atoms with Crippen molar-refractivity contribution in [3.8, 4) is 5.75 Å². The normalized spacial score (nSPS) is 11.2. The monoisotopic (exact) mass is 378 g/mol. The molecule has 0 radical (unpaired) electrons. The Morgan fingerprint density at radius 3 is 2.70 bits per heavy atom. The van der Waals surface area contributed by atoms with E-state index in [1.54, 1.807) is 13.0 Å². The number of carbonyl (C=O) groups is 1. The molecule has 2 rings (SSSR count). The Morgan fingerprint density at radius 1 is 1.33 bits per heavy atom. The van der Waals surface area contributed by atoms with Crippen molar-refractivity contribution in [2.75, 3.05) is 26.1 Å². The number of amidine groups is 1. The molecule has 0 aliphatic carbocycles. The van der Waals surface area contributed by atoms with E-state index in [2.05, 4.69) is 15.3 Å². The summed E-state index contributed by atoms with van der Waals surface area (Å²) in [4.78, 5) is 20.0. The van der Waals surface area contributed by atoms with Crippen molar-refractivity contribution in [1.82, 2.24) is 4.98 Å². The number of halogens is 2. The minimum Gasteiger partial charge on any atom is -0.495 e. The average Bonchev–Trinajstić information content (AvgIpc) is 2.64. The summed E-state index contributed by atoms with van der Waals surface area (Å²) < 4.78 is 37.9. The number of aliphatic imine (C=N–C) groups is 1. The van der Waals surface area contributed by atoms with Crippen molar-refractivity contribution in [1.29, 1.82) is 0 Å². The first-order valence-corrected chi connectivity index (χ1v) is 8.00. The van der Waals surface area contributed by atoms with Crippen LogP contribution in [0.25, 0.3) is 0 Å². The molecule has 1 amide bonds. The lowest BCUT2D eigenvalue weighted by molar-refractivity contribution is 0.102. The van der Waals surface area contributed by atoms with Gasteiger partial charge in [0.2, 0.25) is 0 Å². The number of ether oxygens (including phenoxy) is 2. The van der Waals surface area contributed by atoms with Crippen LogP contribution in [0.4, 0.5) is 14.5 Å². The summed E-state index contributed by atoms with van der Waals surface area (Å²) >= 11 is 0. The lowest BCUT2D eigenvalue weighted by Crippen LogP contribution is -2.18. The summed E-state index contributed by atoms with van der Waals surface area (Å²) in [5, 5.41) is 2.52. The van der Waals surface area contributed by atoms with Gasteiger partial charge in [-0.2, -0.15) is 0 Å². The Bertz CT molecular complexity index is 872. The van der Waals surface area contributed by atoms with Crippen LogP contribution in [-0.4, -0.2) is 37.7 Å². The van der Waals surface area contributed by atoms with Gasteiger partial charge in [0.05, 0.1) is 19.9 Å². The highest BCUT2D eigenvalue weighted by atomic mass is 19.2. The minimum atomic E-state index is -1.08. The summed E-state index contributed by atoms with van der Waals surface area (Å²) in [6.45, 7) is 1.70. The molecule has 1 heterocycles. The maximum Gasteiger partial charge on any atom is 0.281 e. The van der Waals surface area contributed by atoms with E-state index in [1.165, 1.54) is 26.4 Å². The molecule has 0 fully saturated rings. The fraction of sp³-hybridized carbons (Fsp3) is 0.278. The number of benzene rings is 1. The Hall–Kier alpha value is -3.23. The van der Waals surface area contributed by atoms with Crippen molar-refractivity contribution in [3.63, 3.8) is 0 Å². The van der Waals surface area contributed by atoms with Gasteiger partial charge in [0, 0.05) is 25.2 Å². The summed E-state index contributed by atoms with van der Waals surface area (Å²) in [7, 11) is 2.93. The summed E-state index contributed by atoms with van der Waals surface area (Å²) in [5.41, 5.74) is 6.25. The molecule has 0 aliphatic rings. The van der Waals surface area contributed by atoms with E-state index < -0.39 is 17.5 Å². The van der Waals surface area contributed by atoms with E-state index in [0.717, 1.165) is 6.07 Å². The lowest BCUT2D eigenvalue weighted by Gasteiger charge is -2.11. The fourth-order valence-corrected chi connectivity index (χ4v) is 2.32. The molecule has 27 heavy (non-hydrogen) atoms. The van der Waals surface area contributed by atoms with Crippen LogP contribution in [0.1, 0.15) is 21.6 Å². The number of methoxy groups -OCH3 is 1. The quantitative estimate of drug-likeness (QED) is 0.594. The molecule has 7 nitrogen and oxygen atoms in total. The molecule has 0 saturated carbocycles. The Kier molecular flexibility index (Phi) is 6.64. The number of rotatable bonds is 6. The van der Waals surface area contributed by atoms with Gasteiger partial charge in [-0.25, -0.2) is 18.8 Å². The van der Waals surface area contributed by atoms with E-state index in [0.29, 0.717) is 11.3 Å². The standard InChI is InChI=1S/C18H20F2N4O3/c1-10-6-13(26-3)9-23-16(10)17(25)24-12-7-11(15(20)14(19)8-12)4-5-27-18(21)22-2/h6-9H,4-5H2,1-3H3,(H2,21,22)(H,24,25). The average molecular weight is 378 g/mol. The second-order valence-electron chi connectivity index (χ2n) is 5.59. The number of amides is 1. The van der Waals surface area contributed by atoms with Gasteiger partial charge in [-0.1, -0.05) is 0 Å². The highest BCUT2D eigenvalue weighted by Gasteiger charge is 2.16. The maximum atomic E-state index is 14.0. The number of hydrogen-bond donors (Lipinski definition) is 2. The van der Waals surface area contributed by atoms with Gasteiger partial charge in [0.15, 0.2) is 11.6 Å². The number of anilines is 1. The number of nitrogens with zero attached hydrogens (tertiary/aromatic N) is 2. The Labute approximate surface area is 155 Å². The lowest BCUT2D eigenvalue weighted by atomic mass is 10.1. The third kappa shape index (κ3) is 5.13. The Morgan fingerprint density at radius 2 is 2.07 bits per heavy atom. The number of nitrogens with two attached hydrogens (primary N) is 1. The number of hydrogen-bond acceptors (Lipinski definition) is 5. The smallest absolute Gasteiger partial charge is 0.281 e. The van der Waals surface area contributed by atoms with E-state index in [9.17, 15) is 13.6 Å². The van der Waals surface area contributed by atoms with Crippen LogP contribution in [0.3, 0.4) is 0 Å². The molecule has 0 atom stereocenters. The molecule has 2 aromatic rings. The van der Waals surface area contributed by atoms with Crippen molar-refractivity contribution in [2.45, 2.75) is 13.3 Å². The predicted molar refractivity (Wildman–Crippen MR) is 97.0 cm³/mol. The third-order valence-corrected chi connectivity index (χ3v) is 3.71. The first-order valence-electron chi connectivity index (χ1n) is 8.00. The van der Waals surface area contributed by atoms with Gasteiger partial charge < -0.3 is 20.5 Å². The van der Waals surface area contributed by atoms with Crippen molar-refractivity contribution in [3.05, 3.63) is 52.9 Å². The zero-order valence-electron chi connectivity index (χ0n) is 15.2. The Balaban J connectivity index is 2.17. The van der Waals surface area contributed by atoms with Crippen molar-refractivity contribution >= 4 is 17.6 Å². The van der Waals surface area contributed by atoms with Crippen LogP contribution in [-0.2, 0) is 11.2 Å². The van der Waals surface area contributed by atoms with E-state index in [-0.39, 0.29) is 36.0 Å². The zero-order valence-corrected chi connectivity index (χ0v) is 15.2. The SMILES string of the molecule is CN=C(N)OCCc1cc(NC(=O)c2ncc(OC)cc2C)cc(F)c1F. The predicted octanol–water partition coefficient (Wildman–Crippen LogP) is 2.43. The van der Waals surface area contributed by atoms with Gasteiger partial charge in [0.1, 0.15) is 11.4 Å². The third-order valence-electron chi connectivity index (χ3n) is 3.71.